The lowest BCUT2D eigenvalue weighted by atomic mass is 10.1. The summed E-state index contributed by atoms with van der Waals surface area (Å²) < 4.78 is 1.96. The summed E-state index contributed by atoms with van der Waals surface area (Å²) in [6.45, 7) is 2.38. The number of aryl methyl sites for hydroxylation is 2. The molecule has 26 heavy (non-hydrogen) atoms. The van der Waals surface area contributed by atoms with Crippen LogP contribution in [0.3, 0.4) is 0 Å². The summed E-state index contributed by atoms with van der Waals surface area (Å²) in [6.07, 6.45) is 3.77. The van der Waals surface area contributed by atoms with Crippen molar-refractivity contribution in [2.24, 2.45) is 10.8 Å². The third-order valence-corrected chi connectivity index (χ3v) is 4.18. The Bertz CT molecular complexity index is 988. The highest BCUT2D eigenvalue weighted by Crippen LogP contribution is 2.20. The molecule has 132 valence electrons. The maximum atomic E-state index is 12.2. The quantitative estimate of drug-likeness (QED) is 0.530. The topological polar surface area (TPSA) is 89.5 Å². The SMILES string of the molecule is Cc1ccccc1C(=O)N/N=C/c1cn(CCC(N)=O)c2ccccc12. The molecule has 1 heterocycles. The van der Waals surface area contributed by atoms with Crippen molar-refractivity contribution in [1.29, 1.82) is 0 Å². The normalized spacial score (nSPS) is 11.1. The van der Waals surface area contributed by atoms with Crippen LogP contribution in [0.25, 0.3) is 10.9 Å². The first kappa shape index (κ1) is 17.4. The number of hydrogen-bond acceptors (Lipinski definition) is 3. The fourth-order valence-corrected chi connectivity index (χ4v) is 2.84. The first-order chi connectivity index (χ1) is 12.6. The van der Waals surface area contributed by atoms with E-state index < -0.39 is 0 Å². The van der Waals surface area contributed by atoms with E-state index >= 15 is 0 Å². The van der Waals surface area contributed by atoms with Gasteiger partial charge in [0.15, 0.2) is 0 Å². The van der Waals surface area contributed by atoms with Gasteiger partial charge in [-0.2, -0.15) is 5.10 Å². The molecular weight excluding hydrogens is 328 g/mol. The second kappa shape index (κ2) is 7.65. The number of aromatic nitrogens is 1. The molecule has 6 heteroatoms. The van der Waals surface area contributed by atoms with E-state index in [1.165, 1.54) is 0 Å². The smallest absolute Gasteiger partial charge is 0.271 e. The molecule has 0 aliphatic rings. The van der Waals surface area contributed by atoms with Crippen molar-refractivity contribution in [3.8, 4) is 0 Å². The number of nitrogens with two attached hydrogens (primary N) is 1. The number of fused-ring (bicyclic) bond motifs is 1. The molecule has 0 atom stereocenters. The predicted octanol–water partition coefficient (Wildman–Crippen LogP) is 2.59. The molecule has 0 saturated carbocycles. The number of nitrogens with one attached hydrogen (secondary N) is 1. The van der Waals surface area contributed by atoms with Crippen LogP contribution in [0.15, 0.2) is 59.8 Å². The molecule has 0 aliphatic carbocycles. The number of hydrazone groups is 1. The Morgan fingerprint density at radius 2 is 1.88 bits per heavy atom. The highest BCUT2D eigenvalue weighted by atomic mass is 16.2. The van der Waals surface area contributed by atoms with Gasteiger partial charge in [0.25, 0.3) is 5.91 Å². The van der Waals surface area contributed by atoms with Crippen molar-refractivity contribution in [1.82, 2.24) is 9.99 Å². The van der Waals surface area contributed by atoms with Crippen molar-refractivity contribution in [2.75, 3.05) is 0 Å². The van der Waals surface area contributed by atoms with Crippen molar-refractivity contribution in [3.05, 3.63) is 71.4 Å². The molecule has 0 bridgehead atoms. The van der Waals surface area contributed by atoms with Gasteiger partial charge in [-0.25, -0.2) is 5.43 Å². The lowest BCUT2D eigenvalue weighted by molar-refractivity contribution is -0.118. The Morgan fingerprint density at radius 3 is 2.65 bits per heavy atom. The van der Waals surface area contributed by atoms with Crippen LogP contribution in [-0.2, 0) is 11.3 Å². The lowest BCUT2D eigenvalue weighted by Gasteiger charge is -2.02. The van der Waals surface area contributed by atoms with Gasteiger partial charge in [0, 0.05) is 41.2 Å². The maximum absolute atomic E-state index is 12.2. The largest absolute Gasteiger partial charge is 0.370 e. The molecule has 3 rings (SSSR count). The van der Waals surface area contributed by atoms with Gasteiger partial charge < -0.3 is 10.3 Å². The summed E-state index contributed by atoms with van der Waals surface area (Å²) in [4.78, 5) is 23.3. The van der Waals surface area contributed by atoms with Crippen LogP contribution < -0.4 is 11.2 Å². The molecule has 0 aliphatic heterocycles. The zero-order chi connectivity index (χ0) is 18.5. The van der Waals surface area contributed by atoms with Gasteiger partial charge in [-0.05, 0) is 24.6 Å². The van der Waals surface area contributed by atoms with Crippen LogP contribution >= 0.6 is 0 Å². The van der Waals surface area contributed by atoms with Gasteiger partial charge >= 0.3 is 0 Å². The molecular formula is C20H20N4O2. The van der Waals surface area contributed by atoms with Gasteiger partial charge in [0.1, 0.15) is 0 Å². The molecule has 1 aromatic heterocycles. The van der Waals surface area contributed by atoms with Crippen molar-refractivity contribution in [3.63, 3.8) is 0 Å². The van der Waals surface area contributed by atoms with Crippen LogP contribution in [0, 0.1) is 6.92 Å². The van der Waals surface area contributed by atoms with E-state index in [-0.39, 0.29) is 18.2 Å². The summed E-state index contributed by atoms with van der Waals surface area (Å²) in [5, 5.41) is 5.08. The van der Waals surface area contributed by atoms with Gasteiger partial charge in [-0.15, -0.1) is 0 Å². The first-order valence-electron chi connectivity index (χ1n) is 8.31. The second-order valence-electron chi connectivity index (χ2n) is 6.03. The molecule has 3 aromatic rings. The maximum Gasteiger partial charge on any atom is 0.271 e. The van der Waals surface area contributed by atoms with E-state index in [4.69, 9.17) is 5.73 Å². The highest BCUT2D eigenvalue weighted by Gasteiger charge is 2.09. The molecule has 2 aromatic carbocycles. The first-order valence-corrected chi connectivity index (χ1v) is 8.31. The molecule has 2 amide bonds. The molecule has 0 radical (unpaired) electrons. The summed E-state index contributed by atoms with van der Waals surface area (Å²) in [6, 6.07) is 15.2. The number of hydrogen-bond donors (Lipinski definition) is 2. The zero-order valence-electron chi connectivity index (χ0n) is 14.5. The lowest BCUT2D eigenvalue weighted by Crippen LogP contribution is -2.18. The Morgan fingerprint density at radius 1 is 1.15 bits per heavy atom. The Hall–Kier alpha value is -3.41. The summed E-state index contributed by atoms with van der Waals surface area (Å²) in [5.41, 5.74) is 11.1. The average molecular weight is 348 g/mol. The average Bonchev–Trinajstić information content (AvgIpc) is 2.98. The molecule has 0 saturated heterocycles. The van der Waals surface area contributed by atoms with E-state index in [1.54, 1.807) is 12.3 Å². The molecule has 3 N–H and O–H groups in total. The fourth-order valence-electron chi connectivity index (χ4n) is 2.84. The Labute approximate surface area is 151 Å². The minimum absolute atomic E-state index is 0.253. The van der Waals surface area contributed by atoms with E-state index in [0.717, 1.165) is 22.0 Å². The zero-order valence-corrected chi connectivity index (χ0v) is 14.5. The molecule has 0 spiro atoms. The predicted molar refractivity (Wildman–Crippen MR) is 102 cm³/mol. The number of para-hydroxylation sites is 1. The number of amides is 2. The van der Waals surface area contributed by atoms with E-state index in [1.807, 2.05) is 60.2 Å². The third-order valence-electron chi connectivity index (χ3n) is 4.18. The number of rotatable bonds is 6. The number of primary amides is 1. The third kappa shape index (κ3) is 3.80. The second-order valence-corrected chi connectivity index (χ2v) is 6.03. The van der Waals surface area contributed by atoms with E-state index in [0.29, 0.717) is 12.1 Å². The molecule has 6 nitrogen and oxygen atoms in total. The van der Waals surface area contributed by atoms with Crippen molar-refractivity contribution >= 4 is 28.9 Å². The molecule has 0 fully saturated rings. The van der Waals surface area contributed by atoms with Crippen LogP contribution in [-0.4, -0.2) is 22.6 Å². The van der Waals surface area contributed by atoms with Crippen LogP contribution in [0.1, 0.15) is 27.9 Å². The van der Waals surface area contributed by atoms with Gasteiger partial charge in [0.05, 0.1) is 6.21 Å². The standard InChI is InChI=1S/C20H20N4O2/c1-14-6-2-3-7-16(14)20(26)23-22-12-15-13-24(11-10-19(21)25)18-9-5-4-8-17(15)18/h2-9,12-13H,10-11H2,1H3,(H2,21,25)(H,23,26)/b22-12+. The highest BCUT2D eigenvalue weighted by molar-refractivity contribution is 6.00. The molecule has 0 unspecified atom stereocenters. The Balaban J connectivity index is 1.80. The number of carbonyl (C=O) groups excluding carboxylic acids is 2. The van der Waals surface area contributed by atoms with E-state index in [2.05, 4.69) is 10.5 Å². The van der Waals surface area contributed by atoms with Crippen molar-refractivity contribution < 1.29 is 9.59 Å². The summed E-state index contributed by atoms with van der Waals surface area (Å²) >= 11 is 0. The van der Waals surface area contributed by atoms with E-state index in [9.17, 15) is 9.59 Å². The minimum atomic E-state index is -0.344. The minimum Gasteiger partial charge on any atom is -0.370 e. The van der Waals surface area contributed by atoms with Crippen LogP contribution in [0.5, 0.6) is 0 Å². The number of carbonyl (C=O) groups is 2. The van der Waals surface area contributed by atoms with Crippen molar-refractivity contribution in [2.45, 2.75) is 19.9 Å². The van der Waals surface area contributed by atoms with Gasteiger partial charge in [-0.3, -0.25) is 9.59 Å². The van der Waals surface area contributed by atoms with Gasteiger partial charge in [0.2, 0.25) is 5.91 Å². The summed E-state index contributed by atoms with van der Waals surface area (Å²) in [7, 11) is 0. The number of nitrogens with zero attached hydrogens (tertiary/aromatic N) is 2. The Kier molecular flexibility index (Phi) is 5.12. The van der Waals surface area contributed by atoms with Gasteiger partial charge in [-0.1, -0.05) is 36.4 Å². The van der Waals surface area contributed by atoms with Crippen LogP contribution in [0.4, 0.5) is 0 Å². The summed E-state index contributed by atoms with van der Waals surface area (Å²) in [5.74, 6) is -0.597. The van der Waals surface area contributed by atoms with Crippen LogP contribution in [0.2, 0.25) is 0 Å². The monoisotopic (exact) mass is 348 g/mol. The number of benzene rings is 2. The fraction of sp³-hybridized carbons (Fsp3) is 0.150.